The molecule has 108 valence electrons. The van der Waals surface area contributed by atoms with Gasteiger partial charge in [0, 0.05) is 10.2 Å². The SMILES string of the molecule is CC1=CC(C)CC(C(Nc2ccccc2Br)C(=O)O)C1. The van der Waals surface area contributed by atoms with Crippen LogP contribution in [0.4, 0.5) is 5.69 Å². The number of aliphatic carboxylic acids is 1. The highest BCUT2D eigenvalue weighted by Crippen LogP contribution is 2.32. The van der Waals surface area contributed by atoms with Gasteiger partial charge in [-0.25, -0.2) is 4.79 Å². The fraction of sp³-hybridized carbons (Fsp3) is 0.438. The summed E-state index contributed by atoms with van der Waals surface area (Å²) >= 11 is 3.45. The second kappa shape index (κ2) is 6.44. The number of carbonyl (C=O) groups is 1. The van der Waals surface area contributed by atoms with Crippen molar-refractivity contribution in [1.82, 2.24) is 0 Å². The molecule has 0 heterocycles. The molecule has 0 bridgehead atoms. The minimum absolute atomic E-state index is 0.125. The summed E-state index contributed by atoms with van der Waals surface area (Å²) in [6.07, 6.45) is 4.00. The Morgan fingerprint density at radius 3 is 2.75 bits per heavy atom. The Labute approximate surface area is 128 Å². The zero-order valence-corrected chi connectivity index (χ0v) is 13.4. The lowest BCUT2D eigenvalue weighted by Crippen LogP contribution is -2.39. The van der Waals surface area contributed by atoms with E-state index >= 15 is 0 Å². The Bertz CT molecular complexity index is 527. The number of nitrogens with one attached hydrogen (secondary N) is 1. The van der Waals surface area contributed by atoms with E-state index in [2.05, 4.69) is 41.2 Å². The highest BCUT2D eigenvalue weighted by molar-refractivity contribution is 9.10. The summed E-state index contributed by atoms with van der Waals surface area (Å²) in [4.78, 5) is 11.6. The highest BCUT2D eigenvalue weighted by Gasteiger charge is 2.31. The maximum atomic E-state index is 11.6. The van der Waals surface area contributed by atoms with Gasteiger partial charge in [-0.2, -0.15) is 0 Å². The number of hydrogen-bond acceptors (Lipinski definition) is 2. The van der Waals surface area contributed by atoms with Gasteiger partial charge in [-0.05, 0) is 59.7 Å². The van der Waals surface area contributed by atoms with Crippen molar-refractivity contribution in [1.29, 1.82) is 0 Å². The van der Waals surface area contributed by atoms with Crippen LogP contribution >= 0.6 is 15.9 Å². The van der Waals surface area contributed by atoms with Crippen LogP contribution in [0.25, 0.3) is 0 Å². The van der Waals surface area contributed by atoms with Gasteiger partial charge in [-0.3, -0.25) is 0 Å². The molecule has 20 heavy (non-hydrogen) atoms. The first-order valence-electron chi connectivity index (χ1n) is 6.88. The second-order valence-electron chi connectivity index (χ2n) is 5.63. The first-order valence-corrected chi connectivity index (χ1v) is 7.68. The van der Waals surface area contributed by atoms with Crippen molar-refractivity contribution in [3.8, 4) is 0 Å². The average molecular weight is 338 g/mol. The van der Waals surface area contributed by atoms with E-state index in [1.54, 1.807) is 0 Å². The fourth-order valence-corrected chi connectivity index (χ4v) is 3.38. The van der Waals surface area contributed by atoms with Crippen LogP contribution in [0.1, 0.15) is 26.7 Å². The van der Waals surface area contributed by atoms with E-state index in [1.807, 2.05) is 24.3 Å². The molecule has 0 aromatic heterocycles. The normalized spacial score (nSPS) is 23.9. The van der Waals surface area contributed by atoms with Gasteiger partial charge < -0.3 is 10.4 Å². The molecule has 0 aliphatic heterocycles. The van der Waals surface area contributed by atoms with Crippen molar-refractivity contribution < 1.29 is 9.90 Å². The lowest BCUT2D eigenvalue weighted by Gasteiger charge is -2.31. The molecular formula is C16H20BrNO2. The fourth-order valence-electron chi connectivity index (χ4n) is 2.98. The van der Waals surface area contributed by atoms with Gasteiger partial charge in [0.15, 0.2) is 0 Å². The monoisotopic (exact) mass is 337 g/mol. The number of rotatable bonds is 4. The lowest BCUT2D eigenvalue weighted by atomic mass is 9.79. The van der Waals surface area contributed by atoms with Crippen LogP contribution in [0.2, 0.25) is 0 Å². The largest absolute Gasteiger partial charge is 0.480 e. The molecule has 1 aliphatic carbocycles. The van der Waals surface area contributed by atoms with Gasteiger partial charge in [-0.1, -0.05) is 30.7 Å². The molecule has 4 heteroatoms. The van der Waals surface area contributed by atoms with Crippen LogP contribution in [0.15, 0.2) is 40.4 Å². The van der Waals surface area contributed by atoms with E-state index < -0.39 is 12.0 Å². The Balaban J connectivity index is 2.18. The first kappa shape index (κ1) is 15.1. The van der Waals surface area contributed by atoms with Crippen molar-refractivity contribution in [3.05, 3.63) is 40.4 Å². The van der Waals surface area contributed by atoms with Gasteiger partial charge in [-0.15, -0.1) is 0 Å². The Morgan fingerprint density at radius 1 is 1.45 bits per heavy atom. The number of hydrogen-bond donors (Lipinski definition) is 2. The van der Waals surface area contributed by atoms with Gasteiger partial charge in [0.25, 0.3) is 0 Å². The molecule has 1 aromatic rings. The van der Waals surface area contributed by atoms with Crippen molar-refractivity contribution in [3.63, 3.8) is 0 Å². The third-order valence-corrected chi connectivity index (χ3v) is 4.44. The van der Waals surface area contributed by atoms with E-state index in [0.717, 1.165) is 23.0 Å². The maximum Gasteiger partial charge on any atom is 0.326 e. The summed E-state index contributed by atoms with van der Waals surface area (Å²) in [5.74, 6) is -0.219. The predicted octanol–water partition coefficient (Wildman–Crippen LogP) is 4.31. The van der Waals surface area contributed by atoms with Gasteiger partial charge in [0.1, 0.15) is 6.04 Å². The average Bonchev–Trinajstić information content (AvgIpc) is 2.36. The standard InChI is InChI=1S/C16H20BrNO2/c1-10-7-11(2)9-12(8-10)15(16(19)20)18-14-6-4-3-5-13(14)17/h3-7,10,12,15,18H,8-9H2,1-2H3,(H,19,20). The molecule has 3 atom stereocenters. The van der Waals surface area contributed by atoms with Crippen molar-refractivity contribution >= 4 is 27.6 Å². The molecule has 3 nitrogen and oxygen atoms in total. The summed E-state index contributed by atoms with van der Waals surface area (Å²) in [6.45, 7) is 4.23. The van der Waals surface area contributed by atoms with Crippen LogP contribution in [0, 0.1) is 11.8 Å². The molecule has 1 aliphatic rings. The number of anilines is 1. The van der Waals surface area contributed by atoms with Crippen molar-refractivity contribution in [2.24, 2.45) is 11.8 Å². The van der Waals surface area contributed by atoms with E-state index in [0.29, 0.717) is 5.92 Å². The van der Waals surface area contributed by atoms with Gasteiger partial charge in [0.2, 0.25) is 0 Å². The topological polar surface area (TPSA) is 49.3 Å². The molecular weight excluding hydrogens is 318 g/mol. The molecule has 0 spiro atoms. The van der Waals surface area contributed by atoms with Gasteiger partial charge >= 0.3 is 5.97 Å². The molecule has 0 saturated heterocycles. The number of benzene rings is 1. The van der Waals surface area contributed by atoms with Crippen LogP contribution < -0.4 is 5.32 Å². The summed E-state index contributed by atoms with van der Waals surface area (Å²) in [5, 5.41) is 12.7. The zero-order valence-electron chi connectivity index (χ0n) is 11.8. The van der Waals surface area contributed by atoms with E-state index in [1.165, 1.54) is 5.57 Å². The third-order valence-electron chi connectivity index (χ3n) is 3.75. The minimum Gasteiger partial charge on any atom is -0.480 e. The summed E-state index contributed by atoms with van der Waals surface area (Å²) in [6, 6.07) is 7.08. The third kappa shape index (κ3) is 3.63. The lowest BCUT2D eigenvalue weighted by molar-refractivity contribution is -0.139. The molecule has 0 amide bonds. The maximum absolute atomic E-state index is 11.6. The molecule has 0 fully saturated rings. The van der Waals surface area contributed by atoms with Crippen LogP contribution in [0.5, 0.6) is 0 Å². The van der Waals surface area contributed by atoms with Gasteiger partial charge in [0.05, 0.1) is 0 Å². The number of para-hydroxylation sites is 1. The number of carboxylic acid groups (broad SMARTS) is 1. The zero-order chi connectivity index (χ0) is 14.7. The summed E-state index contributed by atoms with van der Waals surface area (Å²) < 4.78 is 0.891. The Morgan fingerprint density at radius 2 is 2.15 bits per heavy atom. The molecule has 1 aromatic carbocycles. The van der Waals surface area contributed by atoms with E-state index in [9.17, 15) is 9.90 Å². The Hall–Kier alpha value is -1.29. The summed E-state index contributed by atoms with van der Waals surface area (Å²) in [5.41, 5.74) is 2.12. The minimum atomic E-state index is -0.785. The van der Waals surface area contributed by atoms with Crippen LogP contribution in [0.3, 0.4) is 0 Å². The highest BCUT2D eigenvalue weighted by atomic mass is 79.9. The Kier molecular flexibility index (Phi) is 4.86. The smallest absolute Gasteiger partial charge is 0.326 e. The first-order chi connectivity index (χ1) is 9.47. The van der Waals surface area contributed by atoms with E-state index in [-0.39, 0.29) is 5.92 Å². The molecule has 2 rings (SSSR count). The molecule has 0 radical (unpaired) electrons. The van der Waals surface area contributed by atoms with Crippen molar-refractivity contribution in [2.75, 3.05) is 5.32 Å². The number of allylic oxidation sites excluding steroid dienone is 2. The molecule has 0 saturated carbocycles. The van der Waals surface area contributed by atoms with Crippen LogP contribution in [-0.4, -0.2) is 17.1 Å². The quantitative estimate of drug-likeness (QED) is 0.805. The van der Waals surface area contributed by atoms with E-state index in [4.69, 9.17) is 0 Å². The number of carboxylic acids is 1. The van der Waals surface area contributed by atoms with Crippen molar-refractivity contribution in [2.45, 2.75) is 32.7 Å². The second-order valence-corrected chi connectivity index (χ2v) is 6.48. The number of halogens is 1. The molecule has 2 N–H and O–H groups in total. The van der Waals surface area contributed by atoms with Crippen LogP contribution in [-0.2, 0) is 4.79 Å². The molecule has 3 unspecified atom stereocenters. The predicted molar refractivity (Wildman–Crippen MR) is 84.8 cm³/mol. The summed E-state index contributed by atoms with van der Waals surface area (Å²) in [7, 11) is 0.